The van der Waals surface area contributed by atoms with Crippen molar-refractivity contribution in [1.82, 2.24) is 4.72 Å². The Morgan fingerprint density at radius 2 is 2.10 bits per heavy atom. The zero-order valence-electron chi connectivity index (χ0n) is 12.6. The molecular formula is C15H24N2O2S2. The zero-order chi connectivity index (χ0) is 15.9. The molecular weight excluding hydrogens is 304 g/mol. The molecule has 3 N–H and O–H groups in total. The van der Waals surface area contributed by atoms with Crippen LogP contribution in [0.3, 0.4) is 0 Å². The van der Waals surface area contributed by atoms with E-state index in [-0.39, 0.29) is 9.88 Å². The third-order valence-corrected chi connectivity index (χ3v) is 5.19. The molecule has 0 radical (unpaired) electrons. The highest BCUT2D eigenvalue weighted by atomic mass is 32.2. The average Bonchev–Trinajstić information content (AvgIpc) is 2.47. The van der Waals surface area contributed by atoms with Gasteiger partial charge in [0, 0.05) is 12.1 Å². The van der Waals surface area contributed by atoms with Crippen LogP contribution in [-0.4, -0.2) is 20.0 Å². The first-order valence-corrected chi connectivity index (χ1v) is 9.19. The zero-order valence-corrected chi connectivity index (χ0v) is 14.3. The molecule has 21 heavy (non-hydrogen) atoms. The van der Waals surface area contributed by atoms with Gasteiger partial charge in [-0.2, -0.15) is 0 Å². The molecule has 0 aliphatic carbocycles. The predicted molar refractivity (Wildman–Crippen MR) is 90.8 cm³/mol. The van der Waals surface area contributed by atoms with Crippen molar-refractivity contribution in [2.24, 2.45) is 11.7 Å². The van der Waals surface area contributed by atoms with E-state index in [9.17, 15) is 8.42 Å². The van der Waals surface area contributed by atoms with Crippen molar-refractivity contribution in [2.75, 3.05) is 6.54 Å². The standard InChI is InChI=1S/C15H24N2O2S2/c1-3-5-7-12(4-2)11-17-21(18,19)14-9-6-8-13(10-14)15(16)20/h6,8-10,12,17H,3-5,7,11H2,1-2H3,(H2,16,20). The molecule has 0 saturated heterocycles. The Bertz CT molecular complexity index is 571. The number of hydrogen-bond acceptors (Lipinski definition) is 3. The van der Waals surface area contributed by atoms with Gasteiger partial charge in [-0.1, -0.05) is 57.5 Å². The quantitative estimate of drug-likeness (QED) is 0.684. The van der Waals surface area contributed by atoms with Gasteiger partial charge in [0.15, 0.2) is 0 Å². The second-order valence-corrected chi connectivity index (χ2v) is 7.37. The summed E-state index contributed by atoms with van der Waals surface area (Å²) in [5, 5.41) is 0. The summed E-state index contributed by atoms with van der Waals surface area (Å²) in [6, 6.07) is 6.42. The Morgan fingerprint density at radius 1 is 1.38 bits per heavy atom. The monoisotopic (exact) mass is 328 g/mol. The number of nitrogens with one attached hydrogen (secondary N) is 1. The molecule has 1 rings (SSSR count). The van der Waals surface area contributed by atoms with E-state index in [2.05, 4.69) is 18.6 Å². The Labute approximate surface area is 133 Å². The van der Waals surface area contributed by atoms with Gasteiger partial charge in [-0.3, -0.25) is 0 Å². The summed E-state index contributed by atoms with van der Waals surface area (Å²) in [5.41, 5.74) is 6.10. The largest absolute Gasteiger partial charge is 0.389 e. The molecule has 1 atom stereocenters. The molecule has 0 heterocycles. The first-order chi connectivity index (χ1) is 9.90. The molecule has 1 aromatic rings. The summed E-state index contributed by atoms with van der Waals surface area (Å²) >= 11 is 4.88. The van der Waals surface area contributed by atoms with Gasteiger partial charge in [-0.15, -0.1) is 0 Å². The van der Waals surface area contributed by atoms with Crippen LogP contribution in [0, 0.1) is 5.92 Å². The SMILES string of the molecule is CCCCC(CC)CNS(=O)(=O)c1cccc(C(N)=S)c1. The molecule has 1 unspecified atom stereocenters. The fraction of sp³-hybridized carbons (Fsp3) is 0.533. The lowest BCUT2D eigenvalue weighted by Crippen LogP contribution is -2.29. The minimum atomic E-state index is -3.51. The average molecular weight is 329 g/mol. The van der Waals surface area contributed by atoms with Gasteiger partial charge in [0.25, 0.3) is 0 Å². The van der Waals surface area contributed by atoms with Crippen LogP contribution < -0.4 is 10.5 Å². The van der Waals surface area contributed by atoms with Gasteiger partial charge >= 0.3 is 0 Å². The van der Waals surface area contributed by atoms with E-state index in [0.717, 1.165) is 25.7 Å². The molecule has 0 bridgehead atoms. The van der Waals surface area contributed by atoms with E-state index in [1.165, 1.54) is 6.07 Å². The molecule has 0 amide bonds. The number of rotatable bonds is 9. The first-order valence-electron chi connectivity index (χ1n) is 7.30. The molecule has 0 aliphatic rings. The Balaban J connectivity index is 2.77. The van der Waals surface area contributed by atoms with Crippen LogP contribution in [-0.2, 0) is 10.0 Å². The minimum absolute atomic E-state index is 0.196. The summed E-state index contributed by atoms with van der Waals surface area (Å²) in [5.74, 6) is 0.374. The summed E-state index contributed by atoms with van der Waals surface area (Å²) in [6.07, 6.45) is 4.26. The number of benzene rings is 1. The normalized spacial score (nSPS) is 13.0. The third-order valence-electron chi connectivity index (χ3n) is 3.53. The Hall–Kier alpha value is -0.980. The summed E-state index contributed by atoms with van der Waals surface area (Å²) in [7, 11) is -3.51. The first kappa shape index (κ1) is 18.1. The second-order valence-electron chi connectivity index (χ2n) is 5.16. The van der Waals surface area contributed by atoms with Gasteiger partial charge in [0.05, 0.1) is 4.90 Å². The molecule has 0 aromatic heterocycles. The van der Waals surface area contributed by atoms with E-state index in [1.807, 2.05) is 0 Å². The van der Waals surface area contributed by atoms with Crippen LogP contribution in [0.4, 0.5) is 0 Å². The van der Waals surface area contributed by atoms with Crippen LogP contribution in [0.1, 0.15) is 45.1 Å². The van der Waals surface area contributed by atoms with Crippen molar-refractivity contribution in [3.63, 3.8) is 0 Å². The Morgan fingerprint density at radius 3 is 2.67 bits per heavy atom. The van der Waals surface area contributed by atoms with Crippen molar-refractivity contribution < 1.29 is 8.42 Å². The Kier molecular flexibility index (Phi) is 7.28. The number of hydrogen-bond donors (Lipinski definition) is 2. The molecule has 0 aliphatic heterocycles. The summed E-state index contributed by atoms with van der Waals surface area (Å²) < 4.78 is 27.3. The van der Waals surface area contributed by atoms with E-state index in [4.69, 9.17) is 18.0 Å². The lowest BCUT2D eigenvalue weighted by molar-refractivity contribution is 0.444. The van der Waals surface area contributed by atoms with Crippen LogP contribution in [0.2, 0.25) is 0 Å². The van der Waals surface area contributed by atoms with Gasteiger partial charge < -0.3 is 5.73 Å². The maximum Gasteiger partial charge on any atom is 0.240 e. The maximum atomic E-state index is 12.3. The molecule has 0 fully saturated rings. The van der Waals surface area contributed by atoms with Crippen molar-refractivity contribution >= 4 is 27.2 Å². The lowest BCUT2D eigenvalue weighted by Gasteiger charge is -2.15. The van der Waals surface area contributed by atoms with Gasteiger partial charge in [0.1, 0.15) is 4.99 Å². The van der Waals surface area contributed by atoms with E-state index in [1.54, 1.807) is 18.2 Å². The van der Waals surface area contributed by atoms with E-state index >= 15 is 0 Å². The van der Waals surface area contributed by atoms with Crippen LogP contribution in [0.25, 0.3) is 0 Å². The minimum Gasteiger partial charge on any atom is -0.389 e. The summed E-state index contributed by atoms with van der Waals surface area (Å²) in [4.78, 5) is 0.402. The van der Waals surface area contributed by atoms with Gasteiger partial charge in [-0.05, 0) is 24.5 Å². The molecule has 118 valence electrons. The van der Waals surface area contributed by atoms with Crippen LogP contribution in [0.15, 0.2) is 29.2 Å². The maximum absolute atomic E-state index is 12.3. The number of unbranched alkanes of at least 4 members (excludes halogenated alkanes) is 1. The molecule has 1 aromatic carbocycles. The van der Waals surface area contributed by atoms with Crippen molar-refractivity contribution in [1.29, 1.82) is 0 Å². The number of sulfonamides is 1. The predicted octanol–water partition coefficient (Wildman–Crippen LogP) is 2.82. The van der Waals surface area contributed by atoms with E-state index < -0.39 is 10.0 Å². The van der Waals surface area contributed by atoms with Crippen molar-refractivity contribution in [3.05, 3.63) is 29.8 Å². The highest BCUT2D eigenvalue weighted by Crippen LogP contribution is 2.15. The van der Waals surface area contributed by atoms with Crippen molar-refractivity contribution in [2.45, 2.75) is 44.4 Å². The van der Waals surface area contributed by atoms with Crippen LogP contribution >= 0.6 is 12.2 Å². The molecule has 0 saturated carbocycles. The van der Waals surface area contributed by atoms with Crippen molar-refractivity contribution in [3.8, 4) is 0 Å². The number of thiocarbonyl (C=S) groups is 1. The fourth-order valence-corrected chi connectivity index (χ4v) is 3.36. The smallest absolute Gasteiger partial charge is 0.240 e. The lowest BCUT2D eigenvalue weighted by atomic mass is 10.00. The number of nitrogens with two attached hydrogens (primary N) is 1. The van der Waals surface area contributed by atoms with Gasteiger partial charge in [0.2, 0.25) is 10.0 Å². The molecule has 4 nitrogen and oxygen atoms in total. The van der Waals surface area contributed by atoms with Crippen LogP contribution in [0.5, 0.6) is 0 Å². The van der Waals surface area contributed by atoms with Gasteiger partial charge in [-0.25, -0.2) is 13.1 Å². The highest BCUT2D eigenvalue weighted by Gasteiger charge is 2.16. The highest BCUT2D eigenvalue weighted by molar-refractivity contribution is 7.89. The molecule has 0 spiro atoms. The molecule has 6 heteroatoms. The third kappa shape index (κ3) is 5.73. The second kappa shape index (κ2) is 8.46. The van der Waals surface area contributed by atoms with E-state index in [0.29, 0.717) is 18.0 Å². The fourth-order valence-electron chi connectivity index (χ4n) is 2.07. The topological polar surface area (TPSA) is 72.2 Å². The summed E-state index contributed by atoms with van der Waals surface area (Å²) in [6.45, 7) is 4.69.